The SMILES string of the molecule is Cc1sc(NC(=O)NCC(=O)N(C)C)c(C(=O)O)c1C. The third-order valence-corrected chi connectivity index (χ3v) is 3.85. The molecule has 0 spiro atoms. The van der Waals surface area contributed by atoms with Crippen molar-refractivity contribution in [3.05, 3.63) is 16.0 Å². The van der Waals surface area contributed by atoms with Gasteiger partial charge in [0.15, 0.2) is 0 Å². The van der Waals surface area contributed by atoms with Crippen LogP contribution in [0, 0.1) is 13.8 Å². The number of hydrogen-bond acceptors (Lipinski definition) is 4. The molecule has 1 aromatic rings. The van der Waals surface area contributed by atoms with Gasteiger partial charge in [-0.25, -0.2) is 9.59 Å². The van der Waals surface area contributed by atoms with E-state index in [1.165, 1.54) is 16.2 Å². The zero-order valence-electron chi connectivity index (χ0n) is 11.7. The Balaban J connectivity index is 2.74. The number of carboxylic acid groups (broad SMARTS) is 1. The van der Waals surface area contributed by atoms with Gasteiger partial charge in [-0.1, -0.05) is 0 Å². The summed E-state index contributed by atoms with van der Waals surface area (Å²) in [7, 11) is 3.16. The minimum absolute atomic E-state index is 0.0848. The minimum atomic E-state index is -1.09. The molecule has 0 saturated carbocycles. The van der Waals surface area contributed by atoms with Crippen LogP contribution in [0.1, 0.15) is 20.8 Å². The van der Waals surface area contributed by atoms with Crippen molar-refractivity contribution in [3.63, 3.8) is 0 Å². The first-order valence-corrected chi connectivity index (χ1v) is 6.64. The Morgan fingerprint density at radius 2 is 1.85 bits per heavy atom. The van der Waals surface area contributed by atoms with Crippen molar-refractivity contribution < 1.29 is 19.5 Å². The van der Waals surface area contributed by atoms with Crippen LogP contribution in [0.15, 0.2) is 0 Å². The number of carbonyl (C=O) groups excluding carboxylic acids is 2. The Kier molecular flexibility index (Phi) is 5.09. The maximum absolute atomic E-state index is 11.7. The lowest BCUT2D eigenvalue weighted by atomic mass is 10.1. The molecule has 3 amide bonds. The van der Waals surface area contributed by atoms with Gasteiger partial charge in [0.25, 0.3) is 0 Å². The van der Waals surface area contributed by atoms with Crippen molar-refractivity contribution in [1.82, 2.24) is 10.2 Å². The molecule has 8 heteroatoms. The van der Waals surface area contributed by atoms with Gasteiger partial charge < -0.3 is 15.3 Å². The summed E-state index contributed by atoms with van der Waals surface area (Å²) in [6, 6.07) is -0.607. The molecule has 0 aromatic carbocycles. The number of nitrogens with zero attached hydrogens (tertiary/aromatic N) is 1. The molecule has 20 heavy (non-hydrogen) atoms. The molecule has 0 atom stereocenters. The quantitative estimate of drug-likeness (QED) is 0.779. The van der Waals surface area contributed by atoms with Gasteiger partial charge in [-0.05, 0) is 19.4 Å². The number of hydrogen-bond donors (Lipinski definition) is 3. The molecule has 0 aliphatic carbocycles. The number of aryl methyl sites for hydroxylation is 1. The monoisotopic (exact) mass is 299 g/mol. The van der Waals surface area contributed by atoms with Crippen LogP contribution in [0.4, 0.5) is 9.80 Å². The number of likely N-dealkylation sites (N-methyl/N-ethyl adjacent to an activating group) is 1. The highest BCUT2D eigenvalue weighted by molar-refractivity contribution is 7.16. The number of anilines is 1. The first kappa shape index (κ1) is 16.0. The topological polar surface area (TPSA) is 98.7 Å². The summed E-state index contributed by atoms with van der Waals surface area (Å²) in [6.45, 7) is 3.32. The van der Waals surface area contributed by atoms with Crippen molar-refractivity contribution in [2.24, 2.45) is 0 Å². The molecule has 110 valence electrons. The number of nitrogens with one attached hydrogen (secondary N) is 2. The van der Waals surface area contributed by atoms with E-state index in [4.69, 9.17) is 5.11 Å². The molecule has 0 bridgehead atoms. The normalized spacial score (nSPS) is 10.0. The Morgan fingerprint density at radius 1 is 1.25 bits per heavy atom. The second-order valence-corrected chi connectivity index (χ2v) is 5.61. The van der Waals surface area contributed by atoms with Gasteiger partial charge in [-0.2, -0.15) is 0 Å². The highest BCUT2D eigenvalue weighted by atomic mass is 32.1. The summed E-state index contributed by atoms with van der Waals surface area (Å²) in [5.41, 5.74) is 0.712. The predicted molar refractivity (Wildman–Crippen MR) is 76.5 cm³/mol. The summed E-state index contributed by atoms with van der Waals surface area (Å²) in [6.07, 6.45) is 0. The van der Waals surface area contributed by atoms with Crippen LogP contribution in [0.5, 0.6) is 0 Å². The van der Waals surface area contributed by atoms with Crippen molar-refractivity contribution in [2.45, 2.75) is 13.8 Å². The molecule has 7 nitrogen and oxygen atoms in total. The van der Waals surface area contributed by atoms with Gasteiger partial charge >= 0.3 is 12.0 Å². The van der Waals surface area contributed by atoms with Gasteiger partial charge in [-0.15, -0.1) is 11.3 Å². The molecule has 0 radical (unpaired) electrons. The Morgan fingerprint density at radius 3 is 2.35 bits per heavy atom. The zero-order chi connectivity index (χ0) is 15.4. The standard InChI is InChI=1S/C12H17N3O4S/c1-6-7(2)20-10(9(6)11(17)18)14-12(19)13-5-8(16)15(3)4/h5H2,1-4H3,(H,17,18)(H2,13,14,19). The molecule has 1 aromatic heterocycles. The largest absolute Gasteiger partial charge is 0.478 e. The maximum atomic E-state index is 11.7. The van der Waals surface area contributed by atoms with Crippen LogP contribution in [0.25, 0.3) is 0 Å². The molecule has 3 N–H and O–H groups in total. The first-order chi connectivity index (χ1) is 9.23. The van der Waals surface area contributed by atoms with E-state index in [0.717, 1.165) is 4.88 Å². The van der Waals surface area contributed by atoms with Gasteiger partial charge in [0.05, 0.1) is 12.1 Å². The summed E-state index contributed by atoms with van der Waals surface area (Å²) >= 11 is 1.19. The van der Waals surface area contributed by atoms with Gasteiger partial charge in [-0.3, -0.25) is 10.1 Å². The van der Waals surface area contributed by atoms with Crippen LogP contribution in [-0.2, 0) is 4.79 Å². The summed E-state index contributed by atoms with van der Waals surface area (Å²) in [4.78, 5) is 36.3. The molecule has 0 aliphatic rings. The third-order valence-electron chi connectivity index (χ3n) is 2.73. The molecule has 1 heterocycles. The fraction of sp³-hybridized carbons (Fsp3) is 0.417. The molecular weight excluding hydrogens is 282 g/mol. The van der Waals surface area contributed by atoms with E-state index >= 15 is 0 Å². The van der Waals surface area contributed by atoms with E-state index in [0.29, 0.717) is 5.56 Å². The predicted octanol–water partition coefficient (Wildman–Crippen LogP) is 1.27. The zero-order valence-corrected chi connectivity index (χ0v) is 12.6. The molecule has 0 fully saturated rings. The van der Waals surface area contributed by atoms with Crippen LogP contribution in [0.2, 0.25) is 0 Å². The van der Waals surface area contributed by atoms with E-state index in [-0.39, 0.29) is 23.0 Å². The number of carboxylic acids is 1. The van der Waals surface area contributed by atoms with Gasteiger partial charge in [0.2, 0.25) is 5.91 Å². The van der Waals surface area contributed by atoms with Crippen LogP contribution in [-0.4, -0.2) is 48.6 Å². The van der Waals surface area contributed by atoms with E-state index < -0.39 is 12.0 Å². The van der Waals surface area contributed by atoms with Crippen molar-refractivity contribution in [2.75, 3.05) is 26.0 Å². The second kappa shape index (κ2) is 6.38. The molecule has 0 saturated heterocycles. The van der Waals surface area contributed by atoms with E-state index in [1.54, 1.807) is 27.9 Å². The highest BCUT2D eigenvalue weighted by Gasteiger charge is 2.20. The van der Waals surface area contributed by atoms with Gasteiger partial charge in [0, 0.05) is 19.0 Å². The van der Waals surface area contributed by atoms with Crippen molar-refractivity contribution >= 4 is 34.2 Å². The average Bonchev–Trinajstić information content (AvgIpc) is 2.61. The minimum Gasteiger partial charge on any atom is -0.478 e. The number of thiophene rings is 1. The molecular formula is C12H17N3O4S. The fourth-order valence-corrected chi connectivity index (χ4v) is 2.48. The molecule has 0 unspecified atom stereocenters. The Bertz CT molecular complexity index is 551. The van der Waals surface area contributed by atoms with Gasteiger partial charge in [0.1, 0.15) is 5.00 Å². The number of aromatic carboxylic acids is 1. The summed E-state index contributed by atoms with van der Waals surface area (Å²) in [5, 5.41) is 14.2. The Hall–Kier alpha value is -2.09. The smallest absolute Gasteiger partial charge is 0.338 e. The summed E-state index contributed by atoms with van der Waals surface area (Å²) in [5.74, 6) is -1.34. The number of carbonyl (C=O) groups is 3. The summed E-state index contributed by atoms with van der Waals surface area (Å²) < 4.78 is 0. The lowest BCUT2D eigenvalue weighted by Gasteiger charge is -2.11. The maximum Gasteiger partial charge on any atom is 0.338 e. The second-order valence-electron chi connectivity index (χ2n) is 4.39. The van der Waals surface area contributed by atoms with E-state index in [1.807, 2.05) is 0 Å². The highest BCUT2D eigenvalue weighted by Crippen LogP contribution is 2.32. The van der Waals surface area contributed by atoms with E-state index in [9.17, 15) is 14.4 Å². The molecule has 1 rings (SSSR count). The van der Waals surface area contributed by atoms with E-state index in [2.05, 4.69) is 10.6 Å². The van der Waals surface area contributed by atoms with Crippen LogP contribution >= 0.6 is 11.3 Å². The molecule has 0 aliphatic heterocycles. The van der Waals surface area contributed by atoms with Crippen LogP contribution in [0.3, 0.4) is 0 Å². The number of rotatable bonds is 4. The Labute approximate surface area is 120 Å². The van der Waals surface area contributed by atoms with Crippen LogP contribution < -0.4 is 10.6 Å². The number of urea groups is 1. The average molecular weight is 299 g/mol. The van der Waals surface area contributed by atoms with Crippen molar-refractivity contribution in [1.29, 1.82) is 0 Å². The lowest BCUT2D eigenvalue weighted by molar-refractivity contribution is -0.127. The van der Waals surface area contributed by atoms with Crippen molar-refractivity contribution in [3.8, 4) is 0 Å². The fourth-order valence-electron chi connectivity index (χ4n) is 1.43. The third kappa shape index (κ3) is 3.70. The first-order valence-electron chi connectivity index (χ1n) is 5.82. The number of amides is 3. The lowest BCUT2D eigenvalue weighted by Crippen LogP contribution is -2.38.